The summed E-state index contributed by atoms with van der Waals surface area (Å²) < 4.78 is 10.7. The Morgan fingerprint density at radius 2 is 1.96 bits per heavy atom. The van der Waals surface area contributed by atoms with Gasteiger partial charge in [-0.05, 0) is 34.9 Å². The number of methoxy groups -OCH3 is 1. The lowest BCUT2D eigenvalue weighted by molar-refractivity contribution is 0.0562. The largest absolute Gasteiger partial charge is 0.497 e. The molecule has 1 unspecified atom stereocenters. The van der Waals surface area contributed by atoms with Crippen LogP contribution in [0.1, 0.15) is 5.56 Å². The van der Waals surface area contributed by atoms with Crippen molar-refractivity contribution >= 4 is 0 Å². The van der Waals surface area contributed by atoms with E-state index >= 15 is 0 Å². The molecule has 0 spiro atoms. The van der Waals surface area contributed by atoms with Crippen LogP contribution in [-0.2, 0) is 11.3 Å². The molecule has 3 rings (SSSR count). The highest BCUT2D eigenvalue weighted by Gasteiger charge is 2.16. The van der Waals surface area contributed by atoms with Crippen LogP contribution in [0.2, 0.25) is 0 Å². The average molecular weight is 313 g/mol. The monoisotopic (exact) mass is 313 g/mol. The Morgan fingerprint density at radius 1 is 1.17 bits per heavy atom. The molecule has 2 aromatic rings. The number of nitrogens with zero attached hydrogens (tertiary/aromatic N) is 1. The molecule has 0 aromatic heterocycles. The van der Waals surface area contributed by atoms with Crippen molar-refractivity contribution in [1.29, 1.82) is 0 Å². The van der Waals surface area contributed by atoms with Crippen molar-refractivity contribution in [2.75, 3.05) is 33.4 Å². The number of aliphatic hydroxyl groups excluding tert-OH is 1. The van der Waals surface area contributed by atoms with Gasteiger partial charge in [0, 0.05) is 19.6 Å². The van der Waals surface area contributed by atoms with Gasteiger partial charge in [-0.25, -0.2) is 0 Å². The zero-order valence-electron chi connectivity index (χ0n) is 13.4. The number of hydrogen-bond acceptors (Lipinski definition) is 4. The van der Waals surface area contributed by atoms with E-state index in [1.165, 1.54) is 11.1 Å². The van der Waals surface area contributed by atoms with E-state index in [2.05, 4.69) is 35.2 Å². The van der Waals surface area contributed by atoms with E-state index in [1.807, 2.05) is 18.2 Å². The minimum Gasteiger partial charge on any atom is -0.497 e. The summed E-state index contributed by atoms with van der Waals surface area (Å²) in [6.07, 6.45) is -0.404. The summed E-state index contributed by atoms with van der Waals surface area (Å²) in [5, 5.41) is 9.85. The fourth-order valence-corrected chi connectivity index (χ4v) is 2.91. The molecule has 122 valence electrons. The Morgan fingerprint density at radius 3 is 2.78 bits per heavy atom. The number of hydrogen-bond donors (Lipinski definition) is 1. The molecule has 0 bridgehead atoms. The molecule has 0 saturated carbocycles. The molecule has 0 amide bonds. The normalized spacial score (nSPS) is 19.3. The van der Waals surface area contributed by atoms with E-state index in [9.17, 15) is 5.11 Å². The van der Waals surface area contributed by atoms with Crippen LogP contribution in [0.4, 0.5) is 0 Å². The standard InChI is InChI=1S/C19H23NO3/c1-22-19-7-3-6-17(11-19)16-5-2-4-15(10-16)12-20-8-9-23-14-18(21)13-20/h2-7,10-11,18,21H,8-9,12-14H2,1H3. The zero-order valence-corrected chi connectivity index (χ0v) is 13.4. The van der Waals surface area contributed by atoms with Crippen LogP contribution in [0, 0.1) is 0 Å². The summed E-state index contributed by atoms with van der Waals surface area (Å²) in [6.45, 7) is 3.43. The van der Waals surface area contributed by atoms with Gasteiger partial charge < -0.3 is 14.6 Å². The van der Waals surface area contributed by atoms with Crippen LogP contribution in [0.25, 0.3) is 11.1 Å². The summed E-state index contributed by atoms with van der Waals surface area (Å²) in [7, 11) is 1.68. The van der Waals surface area contributed by atoms with Gasteiger partial charge in [-0.3, -0.25) is 4.90 Å². The Labute approximate surface area is 137 Å². The second-order valence-corrected chi connectivity index (χ2v) is 5.90. The molecule has 4 nitrogen and oxygen atoms in total. The first-order valence-corrected chi connectivity index (χ1v) is 7.96. The van der Waals surface area contributed by atoms with Crippen molar-refractivity contribution in [3.63, 3.8) is 0 Å². The minimum absolute atomic E-state index is 0.404. The lowest BCUT2D eigenvalue weighted by Crippen LogP contribution is -2.32. The fourth-order valence-electron chi connectivity index (χ4n) is 2.91. The van der Waals surface area contributed by atoms with Crippen molar-refractivity contribution in [2.24, 2.45) is 0 Å². The first kappa shape index (κ1) is 16.0. The van der Waals surface area contributed by atoms with E-state index in [4.69, 9.17) is 9.47 Å². The van der Waals surface area contributed by atoms with Crippen LogP contribution >= 0.6 is 0 Å². The Kier molecular flexibility index (Phi) is 5.28. The fraction of sp³-hybridized carbons (Fsp3) is 0.368. The summed E-state index contributed by atoms with van der Waals surface area (Å²) >= 11 is 0. The van der Waals surface area contributed by atoms with Gasteiger partial charge in [0.2, 0.25) is 0 Å². The van der Waals surface area contributed by atoms with E-state index in [-0.39, 0.29) is 0 Å². The smallest absolute Gasteiger partial charge is 0.119 e. The zero-order chi connectivity index (χ0) is 16.1. The lowest BCUT2D eigenvalue weighted by atomic mass is 10.0. The topological polar surface area (TPSA) is 41.9 Å². The molecule has 2 aromatic carbocycles. The van der Waals surface area contributed by atoms with Crippen molar-refractivity contribution in [1.82, 2.24) is 4.90 Å². The Hall–Kier alpha value is -1.88. The third-order valence-corrected chi connectivity index (χ3v) is 4.07. The van der Waals surface area contributed by atoms with Gasteiger partial charge in [0.05, 0.1) is 26.4 Å². The van der Waals surface area contributed by atoms with E-state index in [0.717, 1.165) is 24.4 Å². The Bertz CT molecular complexity index is 644. The van der Waals surface area contributed by atoms with Gasteiger partial charge in [0.1, 0.15) is 5.75 Å². The van der Waals surface area contributed by atoms with E-state index in [0.29, 0.717) is 19.8 Å². The molecule has 0 aliphatic carbocycles. The third kappa shape index (κ3) is 4.32. The van der Waals surface area contributed by atoms with Crippen molar-refractivity contribution in [3.8, 4) is 16.9 Å². The maximum absolute atomic E-state index is 9.85. The van der Waals surface area contributed by atoms with Gasteiger partial charge >= 0.3 is 0 Å². The summed E-state index contributed by atoms with van der Waals surface area (Å²) in [5.41, 5.74) is 3.55. The van der Waals surface area contributed by atoms with E-state index in [1.54, 1.807) is 7.11 Å². The van der Waals surface area contributed by atoms with Crippen LogP contribution < -0.4 is 4.74 Å². The molecular formula is C19H23NO3. The first-order chi connectivity index (χ1) is 11.2. The van der Waals surface area contributed by atoms with Crippen molar-refractivity contribution < 1.29 is 14.6 Å². The third-order valence-electron chi connectivity index (χ3n) is 4.07. The minimum atomic E-state index is -0.404. The van der Waals surface area contributed by atoms with Crippen LogP contribution in [0.5, 0.6) is 5.75 Å². The molecule has 23 heavy (non-hydrogen) atoms. The predicted octanol–water partition coefficient (Wildman–Crippen LogP) is 2.56. The van der Waals surface area contributed by atoms with Gasteiger partial charge in [0.25, 0.3) is 0 Å². The molecule has 1 atom stereocenters. The van der Waals surface area contributed by atoms with Crippen molar-refractivity contribution in [2.45, 2.75) is 12.6 Å². The molecule has 1 aliphatic rings. The maximum Gasteiger partial charge on any atom is 0.119 e. The second-order valence-electron chi connectivity index (χ2n) is 5.90. The summed E-state index contributed by atoms with van der Waals surface area (Å²) in [5.74, 6) is 0.862. The highest BCUT2D eigenvalue weighted by Crippen LogP contribution is 2.25. The quantitative estimate of drug-likeness (QED) is 0.942. The number of β-amino-alcohol motifs (C(OH)–C–C–N with tert-alkyl or cyclic N) is 1. The van der Waals surface area contributed by atoms with Gasteiger partial charge in [0.15, 0.2) is 0 Å². The Balaban J connectivity index is 1.76. The van der Waals surface area contributed by atoms with Gasteiger partial charge in [-0.1, -0.05) is 30.3 Å². The molecule has 1 N–H and O–H groups in total. The van der Waals surface area contributed by atoms with Crippen LogP contribution in [-0.4, -0.2) is 49.5 Å². The highest BCUT2D eigenvalue weighted by molar-refractivity contribution is 5.65. The van der Waals surface area contributed by atoms with Gasteiger partial charge in [-0.2, -0.15) is 0 Å². The molecular weight excluding hydrogens is 290 g/mol. The molecule has 0 radical (unpaired) electrons. The van der Waals surface area contributed by atoms with Crippen LogP contribution in [0.15, 0.2) is 48.5 Å². The van der Waals surface area contributed by atoms with Crippen LogP contribution in [0.3, 0.4) is 0 Å². The van der Waals surface area contributed by atoms with Crippen molar-refractivity contribution in [3.05, 3.63) is 54.1 Å². The molecule has 1 heterocycles. The predicted molar refractivity (Wildman–Crippen MR) is 90.5 cm³/mol. The summed E-state index contributed by atoms with van der Waals surface area (Å²) in [4.78, 5) is 2.24. The molecule has 1 saturated heterocycles. The summed E-state index contributed by atoms with van der Waals surface area (Å²) in [6, 6.07) is 16.6. The number of aliphatic hydroxyl groups is 1. The SMILES string of the molecule is COc1cccc(-c2cccc(CN3CCOCC(O)C3)c2)c1. The molecule has 1 aliphatic heterocycles. The first-order valence-electron chi connectivity index (χ1n) is 7.96. The molecule has 4 heteroatoms. The van der Waals surface area contributed by atoms with Gasteiger partial charge in [-0.15, -0.1) is 0 Å². The number of rotatable bonds is 4. The highest BCUT2D eigenvalue weighted by atomic mass is 16.5. The molecule has 1 fully saturated rings. The number of ether oxygens (including phenoxy) is 2. The number of benzene rings is 2. The average Bonchev–Trinajstić information content (AvgIpc) is 2.79. The second kappa shape index (κ2) is 7.59. The van der Waals surface area contributed by atoms with E-state index < -0.39 is 6.10 Å². The maximum atomic E-state index is 9.85. The lowest BCUT2D eigenvalue weighted by Gasteiger charge is -2.21.